The average Bonchev–Trinajstić information content (AvgIpc) is 2.89. The summed E-state index contributed by atoms with van der Waals surface area (Å²) in [6.45, 7) is 8.91. The van der Waals surface area contributed by atoms with Crippen LogP contribution in [0.25, 0.3) is 0 Å². The van der Waals surface area contributed by atoms with Gasteiger partial charge in [0.25, 0.3) is 0 Å². The van der Waals surface area contributed by atoms with Crippen LogP contribution < -0.4 is 10.2 Å². The Balaban J connectivity index is 1.93. The van der Waals surface area contributed by atoms with Gasteiger partial charge >= 0.3 is 7.12 Å². The lowest BCUT2D eigenvalue weighted by Crippen LogP contribution is -2.41. The van der Waals surface area contributed by atoms with Crippen molar-refractivity contribution in [3.63, 3.8) is 0 Å². The Labute approximate surface area is 178 Å². The van der Waals surface area contributed by atoms with E-state index in [-0.39, 0.29) is 13.4 Å². The van der Waals surface area contributed by atoms with Crippen molar-refractivity contribution >= 4 is 24.2 Å². The van der Waals surface area contributed by atoms with E-state index in [1.54, 1.807) is 7.11 Å². The number of hydrogen-bond acceptors (Lipinski definition) is 5. The highest BCUT2D eigenvalue weighted by Crippen LogP contribution is 2.38. The second-order valence-corrected chi connectivity index (χ2v) is 8.47. The SMILES string of the molecule is COCOCc1c(B2OC(C)(C)C(C)(C)O2)ccc(Cl)c1OCc1ccccc1. The lowest BCUT2D eigenvalue weighted by atomic mass is 9.75. The van der Waals surface area contributed by atoms with Crippen molar-refractivity contribution in [3.8, 4) is 5.75 Å². The molecule has 1 aliphatic rings. The van der Waals surface area contributed by atoms with E-state index in [0.717, 1.165) is 16.6 Å². The zero-order chi connectivity index (χ0) is 21.1. The lowest BCUT2D eigenvalue weighted by molar-refractivity contribution is -0.0394. The average molecular weight is 419 g/mol. The summed E-state index contributed by atoms with van der Waals surface area (Å²) < 4.78 is 29.3. The smallest absolute Gasteiger partial charge is 0.487 e. The minimum Gasteiger partial charge on any atom is -0.487 e. The molecule has 0 aliphatic carbocycles. The quantitative estimate of drug-likeness (QED) is 0.362. The van der Waals surface area contributed by atoms with Crippen LogP contribution in [0.1, 0.15) is 38.8 Å². The monoisotopic (exact) mass is 418 g/mol. The topological polar surface area (TPSA) is 46.2 Å². The minimum atomic E-state index is -0.544. The van der Waals surface area contributed by atoms with Gasteiger partial charge in [-0.25, -0.2) is 0 Å². The van der Waals surface area contributed by atoms with E-state index >= 15 is 0 Å². The summed E-state index contributed by atoms with van der Waals surface area (Å²) in [7, 11) is 1.04. The summed E-state index contributed by atoms with van der Waals surface area (Å²) in [6, 6.07) is 13.7. The number of hydrogen-bond donors (Lipinski definition) is 0. The van der Waals surface area contributed by atoms with Gasteiger partial charge in [0.1, 0.15) is 19.1 Å². The molecular formula is C22H28BClO5. The molecule has 5 nitrogen and oxygen atoms in total. The molecule has 2 aromatic carbocycles. The third kappa shape index (κ3) is 4.96. The first-order chi connectivity index (χ1) is 13.7. The standard InChI is InChI=1S/C22H28BClO5/c1-21(2)22(3,4)29-23(28-21)18-11-12-19(24)20(17(18)14-26-15-25-5)27-13-16-9-7-6-8-10-16/h6-12H,13-15H2,1-5H3. The van der Waals surface area contributed by atoms with Gasteiger partial charge in [-0.1, -0.05) is 48.0 Å². The van der Waals surface area contributed by atoms with Crippen molar-refractivity contribution in [2.45, 2.75) is 52.1 Å². The molecule has 0 N–H and O–H groups in total. The maximum Gasteiger partial charge on any atom is 0.495 e. The predicted molar refractivity (Wildman–Crippen MR) is 115 cm³/mol. The molecular weight excluding hydrogens is 391 g/mol. The van der Waals surface area contributed by atoms with Crippen molar-refractivity contribution in [1.82, 2.24) is 0 Å². The van der Waals surface area contributed by atoms with Gasteiger partial charge in [0.05, 0.1) is 22.8 Å². The first-order valence-electron chi connectivity index (χ1n) is 9.65. The Kier molecular flexibility index (Phi) is 6.92. The zero-order valence-corrected chi connectivity index (χ0v) is 18.4. The van der Waals surface area contributed by atoms with Crippen LogP contribution in [-0.4, -0.2) is 32.2 Å². The molecule has 0 aromatic heterocycles. The van der Waals surface area contributed by atoms with E-state index in [9.17, 15) is 0 Å². The number of methoxy groups -OCH3 is 1. The third-order valence-electron chi connectivity index (χ3n) is 5.43. The summed E-state index contributed by atoms with van der Waals surface area (Å²) in [5.74, 6) is 0.568. The van der Waals surface area contributed by atoms with Crippen LogP contribution in [0.5, 0.6) is 5.75 Å². The van der Waals surface area contributed by atoms with Crippen LogP contribution in [0.4, 0.5) is 0 Å². The number of benzene rings is 2. The molecule has 0 radical (unpaired) electrons. The molecule has 0 spiro atoms. The fourth-order valence-electron chi connectivity index (χ4n) is 3.07. The van der Waals surface area contributed by atoms with Crippen molar-refractivity contribution in [3.05, 3.63) is 58.6 Å². The summed E-state index contributed by atoms with van der Waals surface area (Å²) >= 11 is 6.51. The number of rotatable bonds is 8. The van der Waals surface area contributed by atoms with Crippen molar-refractivity contribution < 1.29 is 23.5 Å². The van der Waals surface area contributed by atoms with Gasteiger partial charge in [0, 0.05) is 12.7 Å². The Bertz CT molecular complexity index is 809. The van der Waals surface area contributed by atoms with Crippen LogP contribution in [0.15, 0.2) is 42.5 Å². The Hall–Kier alpha value is -1.57. The second-order valence-electron chi connectivity index (χ2n) is 8.06. The molecule has 1 saturated heterocycles. The van der Waals surface area contributed by atoms with E-state index in [4.69, 9.17) is 35.1 Å². The summed E-state index contributed by atoms with van der Waals surface area (Å²) in [5.41, 5.74) is 1.78. The van der Waals surface area contributed by atoms with Crippen LogP contribution in [0.3, 0.4) is 0 Å². The van der Waals surface area contributed by atoms with E-state index in [0.29, 0.717) is 17.4 Å². The molecule has 0 atom stereocenters. The molecule has 0 saturated carbocycles. The minimum absolute atomic E-state index is 0.160. The molecule has 1 fully saturated rings. The Morgan fingerprint density at radius 3 is 2.21 bits per heavy atom. The van der Waals surface area contributed by atoms with E-state index < -0.39 is 18.3 Å². The van der Waals surface area contributed by atoms with Crippen molar-refractivity contribution in [2.24, 2.45) is 0 Å². The lowest BCUT2D eigenvalue weighted by Gasteiger charge is -2.32. The Morgan fingerprint density at radius 1 is 0.931 bits per heavy atom. The van der Waals surface area contributed by atoms with Gasteiger partial charge in [0.2, 0.25) is 0 Å². The van der Waals surface area contributed by atoms with Crippen LogP contribution in [0.2, 0.25) is 5.02 Å². The molecule has 29 heavy (non-hydrogen) atoms. The largest absolute Gasteiger partial charge is 0.495 e. The fourth-order valence-corrected chi connectivity index (χ4v) is 3.30. The summed E-state index contributed by atoms with van der Waals surface area (Å²) in [5, 5.41) is 0.511. The highest BCUT2D eigenvalue weighted by atomic mass is 35.5. The molecule has 0 amide bonds. The third-order valence-corrected chi connectivity index (χ3v) is 5.73. The molecule has 2 aromatic rings. The van der Waals surface area contributed by atoms with Crippen molar-refractivity contribution in [2.75, 3.05) is 13.9 Å². The first-order valence-corrected chi connectivity index (χ1v) is 10.0. The number of ether oxygens (including phenoxy) is 3. The molecule has 0 unspecified atom stereocenters. The van der Waals surface area contributed by atoms with E-state index in [2.05, 4.69) is 0 Å². The maximum absolute atomic E-state index is 6.51. The first kappa shape index (κ1) is 22.1. The normalized spacial score (nSPS) is 17.5. The van der Waals surface area contributed by atoms with Crippen molar-refractivity contribution in [1.29, 1.82) is 0 Å². The van der Waals surface area contributed by atoms with Crippen LogP contribution in [-0.2, 0) is 32.0 Å². The molecule has 156 valence electrons. The van der Waals surface area contributed by atoms with Gasteiger partial charge in [-0.15, -0.1) is 0 Å². The van der Waals surface area contributed by atoms with E-state index in [1.807, 2.05) is 70.2 Å². The zero-order valence-electron chi connectivity index (χ0n) is 17.7. The fraction of sp³-hybridized carbons (Fsp3) is 0.455. The molecule has 7 heteroatoms. The molecule has 0 bridgehead atoms. The summed E-state index contributed by atoms with van der Waals surface area (Å²) in [4.78, 5) is 0. The van der Waals surface area contributed by atoms with Gasteiger partial charge in [-0.3, -0.25) is 0 Å². The highest BCUT2D eigenvalue weighted by Gasteiger charge is 2.52. The Morgan fingerprint density at radius 2 is 1.59 bits per heavy atom. The molecule has 1 heterocycles. The highest BCUT2D eigenvalue weighted by molar-refractivity contribution is 6.63. The van der Waals surface area contributed by atoms with Gasteiger partial charge < -0.3 is 23.5 Å². The van der Waals surface area contributed by atoms with Crippen LogP contribution >= 0.6 is 11.6 Å². The predicted octanol–water partition coefficient (Wildman–Crippen LogP) is 4.34. The summed E-state index contributed by atoms with van der Waals surface area (Å²) in [6.07, 6.45) is 0. The van der Waals surface area contributed by atoms with Gasteiger partial charge in [0.15, 0.2) is 0 Å². The van der Waals surface area contributed by atoms with Crippen LogP contribution in [0, 0.1) is 0 Å². The number of halogens is 1. The molecule has 1 aliphatic heterocycles. The molecule has 3 rings (SSSR count). The second kappa shape index (κ2) is 9.06. The van der Waals surface area contributed by atoms with Gasteiger partial charge in [-0.2, -0.15) is 0 Å². The maximum atomic E-state index is 6.51. The van der Waals surface area contributed by atoms with E-state index in [1.165, 1.54) is 0 Å². The van der Waals surface area contributed by atoms with Gasteiger partial charge in [-0.05, 0) is 44.8 Å².